The number of hydrogen-bond acceptors (Lipinski definition) is 3. The predicted molar refractivity (Wildman–Crippen MR) is 81.8 cm³/mol. The van der Waals surface area contributed by atoms with Gasteiger partial charge in [0, 0.05) is 6.42 Å². The van der Waals surface area contributed by atoms with Gasteiger partial charge in [-0.3, -0.25) is 9.48 Å². The number of rotatable bonds is 6. The van der Waals surface area contributed by atoms with Crippen molar-refractivity contribution in [3.8, 4) is 0 Å². The third-order valence-electron chi connectivity index (χ3n) is 3.59. The molecule has 1 aromatic carbocycles. The zero-order valence-corrected chi connectivity index (χ0v) is 13.4. The second kappa shape index (κ2) is 7.46. The largest absolute Gasteiger partial charge is 0.416 e. The van der Waals surface area contributed by atoms with Crippen LogP contribution in [0.2, 0.25) is 0 Å². The van der Waals surface area contributed by atoms with E-state index in [1.807, 2.05) is 13.8 Å². The van der Waals surface area contributed by atoms with Gasteiger partial charge < -0.3 is 5.32 Å². The number of nitrogens with zero attached hydrogens (tertiary/aromatic N) is 3. The summed E-state index contributed by atoms with van der Waals surface area (Å²) in [6.07, 6.45) is -1.36. The molecule has 0 unspecified atom stereocenters. The molecule has 24 heavy (non-hydrogen) atoms. The fourth-order valence-corrected chi connectivity index (χ4v) is 2.35. The minimum atomic E-state index is -4.41. The summed E-state index contributed by atoms with van der Waals surface area (Å²) >= 11 is 0. The van der Waals surface area contributed by atoms with E-state index in [2.05, 4.69) is 15.4 Å². The maximum atomic E-state index is 12.9. The van der Waals surface area contributed by atoms with Gasteiger partial charge >= 0.3 is 6.18 Å². The van der Waals surface area contributed by atoms with Crippen molar-refractivity contribution in [3.05, 3.63) is 48.0 Å². The number of hydrogen-bond donors (Lipinski definition) is 1. The van der Waals surface area contributed by atoms with Gasteiger partial charge in [0.1, 0.15) is 12.7 Å². The molecule has 2 aromatic rings. The quantitative estimate of drug-likeness (QED) is 0.878. The van der Waals surface area contributed by atoms with Crippen molar-refractivity contribution >= 4 is 5.91 Å². The van der Waals surface area contributed by atoms with Crippen molar-refractivity contribution in [2.75, 3.05) is 0 Å². The Labute approximate surface area is 137 Å². The van der Waals surface area contributed by atoms with Crippen LogP contribution < -0.4 is 5.32 Å². The number of carbonyl (C=O) groups is 1. The summed E-state index contributed by atoms with van der Waals surface area (Å²) in [7, 11) is 0. The third kappa shape index (κ3) is 4.81. The zero-order valence-electron chi connectivity index (χ0n) is 13.4. The van der Waals surface area contributed by atoms with Gasteiger partial charge in [0.05, 0.1) is 18.2 Å². The van der Waals surface area contributed by atoms with Gasteiger partial charge in [-0.1, -0.05) is 26.0 Å². The summed E-state index contributed by atoms with van der Waals surface area (Å²) in [5.74, 6) is -0.301. The smallest absolute Gasteiger partial charge is 0.349 e. The van der Waals surface area contributed by atoms with Crippen molar-refractivity contribution in [1.82, 2.24) is 20.1 Å². The molecule has 0 aliphatic carbocycles. The number of aromatic nitrogens is 3. The molecule has 0 bridgehead atoms. The van der Waals surface area contributed by atoms with Gasteiger partial charge in [-0.2, -0.15) is 18.3 Å². The Morgan fingerprint density at radius 1 is 1.33 bits per heavy atom. The maximum absolute atomic E-state index is 12.9. The van der Waals surface area contributed by atoms with Gasteiger partial charge in [0.2, 0.25) is 5.91 Å². The summed E-state index contributed by atoms with van der Waals surface area (Å²) < 4.78 is 40.1. The molecule has 0 fully saturated rings. The normalized spacial score (nSPS) is 13.1. The molecular weight excluding hydrogens is 321 g/mol. The van der Waals surface area contributed by atoms with E-state index in [4.69, 9.17) is 0 Å². The Kier molecular flexibility index (Phi) is 5.58. The molecule has 0 saturated carbocycles. The minimum absolute atomic E-state index is 0.0520. The Balaban J connectivity index is 2.07. The maximum Gasteiger partial charge on any atom is 0.416 e. The van der Waals surface area contributed by atoms with E-state index < -0.39 is 17.8 Å². The number of benzene rings is 1. The molecule has 0 aliphatic rings. The fraction of sp³-hybridized carbons (Fsp3) is 0.438. The molecule has 130 valence electrons. The molecule has 2 rings (SSSR count). The molecule has 1 heterocycles. The molecule has 0 aliphatic heterocycles. The highest BCUT2D eigenvalue weighted by molar-refractivity contribution is 5.76. The molecule has 8 heteroatoms. The number of alkyl halides is 3. The van der Waals surface area contributed by atoms with Crippen molar-refractivity contribution in [3.63, 3.8) is 0 Å². The van der Waals surface area contributed by atoms with E-state index in [-0.39, 0.29) is 18.2 Å². The van der Waals surface area contributed by atoms with Crippen LogP contribution >= 0.6 is 0 Å². The van der Waals surface area contributed by atoms with Crippen LogP contribution in [0.5, 0.6) is 0 Å². The monoisotopic (exact) mass is 340 g/mol. The summed E-state index contributed by atoms with van der Waals surface area (Å²) in [5, 5.41) is 6.71. The first kappa shape index (κ1) is 18.0. The van der Waals surface area contributed by atoms with Crippen LogP contribution in [-0.2, 0) is 17.5 Å². The predicted octanol–water partition coefficient (Wildman–Crippen LogP) is 3.20. The van der Waals surface area contributed by atoms with Crippen molar-refractivity contribution < 1.29 is 18.0 Å². The SMILES string of the molecule is CC(C)[C@@H](NC(=O)CCn1cncn1)c1cccc(C(F)(F)F)c1. The Hall–Kier alpha value is -2.38. The highest BCUT2D eigenvalue weighted by Gasteiger charge is 2.31. The van der Waals surface area contributed by atoms with Crippen LogP contribution in [-0.4, -0.2) is 20.7 Å². The van der Waals surface area contributed by atoms with Gasteiger partial charge in [-0.15, -0.1) is 0 Å². The van der Waals surface area contributed by atoms with Crippen LogP contribution in [0, 0.1) is 5.92 Å². The van der Waals surface area contributed by atoms with Crippen LogP contribution in [0.1, 0.15) is 37.4 Å². The zero-order chi connectivity index (χ0) is 17.7. The molecule has 1 amide bonds. The van der Waals surface area contributed by atoms with Crippen molar-refractivity contribution in [2.45, 2.75) is 39.0 Å². The van der Waals surface area contributed by atoms with Gasteiger partial charge in [0.15, 0.2) is 0 Å². The average Bonchev–Trinajstić information content (AvgIpc) is 3.03. The lowest BCUT2D eigenvalue weighted by Crippen LogP contribution is -2.32. The lowest BCUT2D eigenvalue weighted by Gasteiger charge is -2.24. The summed E-state index contributed by atoms with van der Waals surface area (Å²) in [6.45, 7) is 4.06. The number of nitrogens with one attached hydrogen (secondary N) is 1. The third-order valence-corrected chi connectivity index (χ3v) is 3.59. The van der Waals surface area contributed by atoms with E-state index in [0.717, 1.165) is 12.1 Å². The summed E-state index contributed by atoms with van der Waals surface area (Å²) in [5.41, 5.74) is -0.281. The molecule has 1 atom stereocenters. The second-order valence-corrected chi connectivity index (χ2v) is 5.82. The van der Waals surface area contributed by atoms with Crippen molar-refractivity contribution in [1.29, 1.82) is 0 Å². The fourth-order valence-electron chi connectivity index (χ4n) is 2.35. The van der Waals surface area contributed by atoms with Gasteiger partial charge in [0.25, 0.3) is 0 Å². The topological polar surface area (TPSA) is 59.8 Å². The second-order valence-electron chi connectivity index (χ2n) is 5.82. The summed E-state index contributed by atoms with van der Waals surface area (Å²) in [6, 6.07) is 4.57. The Morgan fingerprint density at radius 2 is 2.08 bits per heavy atom. The lowest BCUT2D eigenvalue weighted by atomic mass is 9.94. The minimum Gasteiger partial charge on any atom is -0.349 e. The van der Waals surface area contributed by atoms with Crippen LogP contribution in [0.15, 0.2) is 36.9 Å². The molecule has 1 aromatic heterocycles. The molecular formula is C16H19F3N4O. The first-order valence-electron chi connectivity index (χ1n) is 7.56. The molecule has 1 N–H and O–H groups in total. The molecule has 0 saturated heterocycles. The van der Waals surface area contributed by atoms with Crippen LogP contribution in [0.25, 0.3) is 0 Å². The number of carbonyl (C=O) groups excluding carboxylic acids is 1. The van der Waals surface area contributed by atoms with E-state index in [1.54, 1.807) is 6.07 Å². The van der Waals surface area contributed by atoms with Crippen LogP contribution in [0.4, 0.5) is 13.2 Å². The average molecular weight is 340 g/mol. The highest BCUT2D eigenvalue weighted by atomic mass is 19.4. The van der Waals surface area contributed by atoms with Crippen molar-refractivity contribution in [2.24, 2.45) is 5.92 Å². The number of aryl methyl sites for hydroxylation is 1. The van der Waals surface area contributed by atoms with Crippen LogP contribution in [0.3, 0.4) is 0 Å². The first-order valence-corrected chi connectivity index (χ1v) is 7.56. The first-order chi connectivity index (χ1) is 11.3. The lowest BCUT2D eigenvalue weighted by molar-refractivity contribution is -0.137. The Morgan fingerprint density at radius 3 is 2.67 bits per heavy atom. The number of amides is 1. The van der Waals surface area contributed by atoms with Gasteiger partial charge in [-0.25, -0.2) is 4.98 Å². The molecule has 0 spiro atoms. The highest BCUT2D eigenvalue weighted by Crippen LogP contribution is 2.32. The summed E-state index contributed by atoms with van der Waals surface area (Å²) in [4.78, 5) is 15.9. The van der Waals surface area contributed by atoms with E-state index in [1.165, 1.54) is 23.4 Å². The van der Waals surface area contributed by atoms with Gasteiger partial charge in [-0.05, 0) is 23.6 Å². The Bertz CT molecular complexity index is 668. The standard InChI is InChI=1S/C16H19F3N4O/c1-11(2)15(12-4-3-5-13(8-12)16(17,18)19)22-14(24)6-7-23-10-20-9-21-23/h3-5,8-11,15H,6-7H2,1-2H3,(H,22,24)/t15-/m1/s1. The molecule has 0 radical (unpaired) electrons. The number of halogens is 3. The van der Waals surface area contributed by atoms with E-state index in [9.17, 15) is 18.0 Å². The van der Waals surface area contributed by atoms with E-state index in [0.29, 0.717) is 12.1 Å². The molecule has 5 nitrogen and oxygen atoms in total. The van der Waals surface area contributed by atoms with E-state index >= 15 is 0 Å².